The Morgan fingerprint density at radius 1 is 0.741 bits per heavy atom. The van der Waals surface area contributed by atoms with Crippen LogP contribution >= 0.6 is 0 Å². The maximum absolute atomic E-state index is 2.57. The van der Waals surface area contributed by atoms with Crippen LogP contribution < -0.4 is 4.90 Å². The van der Waals surface area contributed by atoms with Gasteiger partial charge in [-0.3, -0.25) is 4.90 Å². The molecule has 3 aromatic rings. The first-order chi connectivity index (χ1) is 13.2. The Balaban J connectivity index is 1.81. The van der Waals surface area contributed by atoms with Crippen molar-refractivity contribution >= 4 is 5.69 Å². The molecule has 0 bridgehead atoms. The molecule has 0 radical (unpaired) electrons. The van der Waals surface area contributed by atoms with Crippen molar-refractivity contribution in [3.05, 3.63) is 113 Å². The lowest BCUT2D eigenvalue weighted by Crippen LogP contribution is -2.45. The molecule has 27 heavy (non-hydrogen) atoms. The van der Waals surface area contributed by atoms with E-state index in [1.165, 1.54) is 28.1 Å². The van der Waals surface area contributed by atoms with Crippen LogP contribution in [-0.4, -0.2) is 11.4 Å². The zero-order chi connectivity index (χ0) is 18.6. The van der Waals surface area contributed by atoms with Crippen LogP contribution in [0.3, 0.4) is 0 Å². The molecule has 2 heteroatoms. The zero-order valence-corrected chi connectivity index (χ0v) is 16.0. The van der Waals surface area contributed by atoms with Crippen LogP contribution in [0.2, 0.25) is 0 Å². The van der Waals surface area contributed by atoms with Crippen molar-refractivity contribution in [3.63, 3.8) is 0 Å². The molecule has 0 aromatic heterocycles. The summed E-state index contributed by atoms with van der Waals surface area (Å²) in [6.07, 6.45) is 0.178. The minimum atomic E-state index is 0.178. The summed E-state index contributed by atoms with van der Waals surface area (Å²) >= 11 is 0. The average molecular weight is 354 g/mol. The maximum atomic E-state index is 2.57. The summed E-state index contributed by atoms with van der Waals surface area (Å²) in [7, 11) is 0. The molecule has 0 saturated heterocycles. The van der Waals surface area contributed by atoms with E-state index in [4.69, 9.17) is 0 Å². The number of para-hydroxylation sites is 1. The van der Waals surface area contributed by atoms with Gasteiger partial charge in [-0.1, -0.05) is 78.9 Å². The number of allylic oxidation sites excluding steroid dienone is 1. The normalized spacial score (nSPS) is 18.0. The second kappa shape index (κ2) is 7.81. The van der Waals surface area contributed by atoms with Gasteiger partial charge >= 0.3 is 0 Å². The molecule has 0 amide bonds. The largest absolute Gasteiger partial charge is 0.325 e. The van der Waals surface area contributed by atoms with Gasteiger partial charge in [-0.25, -0.2) is 0 Å². The lowest BCUT2D eigenvalue weighted by atomic mass is 10.0. The van der Waals surface area contributed by atoms with E-state index in [1.807, 2.05) is 0 Å². The molecule has 0 fully saturated rings. The fraction of sp³-hybridized carbons (Fsp3) is 0.200. The smallest absolute Gasteiger partial charge is 0.113 e. The van der Waals surface area contributed by atoms with Gasteiger partial charge in [-0.15, -0.1) is 0 Å². The predicted molar refractivity (Wildman–Crippen MR) is 113 cm³/mol. The van der Waals surface area contributed by atoms with Gasteiger partial charge in [-0.2, -0.15) is 0 Å². The fourth-order valence-corrected chi connectivity index (χ4v) is 3.93. The summed E-state index contributed by atoms with van der Waals surface area (Å²) in [6.45, 7) is 6.40. The summed E-state index contributed by atoms with van der Waals surface area (Å²) in [6, 6.07) is 32.4. The second-order valence-corrected chi connectivity index (χ2v) is 7.25. The summed E-state index contributed by atoms with van der Waals surface area (Å²) < 4.78 is 0. The Labute approximate surface area is 162 Å². The van der Waals surface area contributed by atoms with Crippen molar-refractivity contribution < 1.29 is 0 Å². The van der Waals surface area contributed by atoms with Crippen LogP contribution in [0.1, 0.15) is 31.1 Å². The third kappa shape index (κ3) is 3.67. The fourth-order valence-electron chi connectivity index (χ4n) is 3.93. The average Bonchev–Trinajstić information content (AvgIpc) is 2.72. The summed E-state index contributed by atoms with van der Waals surface area (Å²) in [5.41, 5.74) is 6.67. The number of rotatable bonds is 4. The highest BCUT2D eigenvalue weighted by atomic mass is 15.4. The third-order valence-electron chi connectivity index (χ3n) is 5.37. The highest BCUT2D eigenvalue weighted by Gasteiger charge is 2.33. The molecule has 1 aliphatic rings. The second-order valence-electron chi connectivity index (χ2n) is 7.25. The van der Waals surface area contributed by atoms with E-state index >= 15 is 0 Å². The van der Waals surface area contributed by atoms with Gasteiger partial charge < -0.3 is 4.90 Å². The lowest BCUT2D eigenvalue weighted by molar-refractivity contribution is 0.191. The molecule has 136 valence electrons. The van der Waals surface area contributed by atoms with Crippen LogP contribution in [0.15, 0.2) is 102 Å². The molecule has 4 rings (SSSR count). The number of anilines is 1. The van der Waals surface area contributed by atoms with Crippen molar-refractivity contribution in [3.8, 4) is 0 Å². The van der Waals surface area contributed by atoms with Crippen molar-refractivity contribution in [2.75, 3.05) is 11.4 Å². The predicted octanol–water partition coefficient (Wildman–Crippen LogP) is 6.00. The summed E-state index contributed by atoms with van der Waals surface area (Å²) in [5.74, 6) is 0. The Bertz CT molecular complexity index is 901. The van der Waals surface area contributed by atoms with Gasteiger partial charge in [0.25, 0.3) is 0 Å². The summed E-state index contributed by atoms with van der Waals surface area (Å²) in [4.78, 5) is 5.05. The van der Waals surface area contributed by atoms with Gasteiger partial charge in [0.05, 0.1) is 0 Å². The van der Waals surface area contributed by atoms with Gasteiger partial charge in [0.1, 0.15) is 6.17 Å². The van der Waals surface area contributed by atoms with Crippen LogP contribution in [0, 0.1) is 0 Å². The molecule has 0 N–H and O–H groups in total. The Hall–Kier alpha value is -2.84. The highest BCUT2D eigenvalue weighted by molar-refractivity contribution is 5.56. The van der Waals surface area contributed by atoms with E-state index in [1.54, 1.807) is 0 Å². The SMILES string of the molecule is CC1=C(C)N(c2ccccc2)C(c2ccccc2)N(Cc2ccccc2)C1. The quantitative estimate of drug-likeness (QED) is 0.567. The first-order valence-corrected chi connectivity index (χ1v) is 9.57. The first-order valence-electron chi connectivity index (χ1n) is 9.57. The van der Waals surface area contributed by atoms with E-state index in [-0.39, 0.29) is 6.17 Å². The van der Waals surface area contributed by atoms with Gasteiger partial charge in [-0.05, 0) is 42.7 Å². The van der Waals surface area contributed by atoms with E-state index in [2.05, 4.69) is 115 Å². The molecule has 1 heterocycles. The van der Waals surface area contributed by atoms with Crippen LogP contribution in [0.4, 0.5) is 5.69 Å². The molecule has 1 atom stereocenters. The molecule has 1 unspecified atom stereocenters. The highest BCUT2D eigenvalue weighted by Crippen LogP contribution is 2.39. The Morgan fingerprint density at radius 2 is 1.30 bits per heavy atom. The Kier molecular flexibility index (Phi) is 5.08. The summed E-state index contributed by atoms with van der Waals surface area (Å²) in [5, 5.41) is 0. The topological polar surface area (TPSA) is 6.48 Å². The third-order valence-corrected chi connectivity index (χ3v) is 5.37. The molecule has 0 aliphatic carbocycles. The van der Waals surface area contributed by atoms with E-state index < -0.39 is 0 Å². The standard InChI is InChI=1S/C25H26N2/c1-20-18-26(19-22-12-6-3-7-13-22)25(23-14-8-4-9-15-23)27(21(20)2)24-16-10-5-11-17-24/h3-17,25H,18-19H2,1-2H3. The molecular formula is C25H26N2. The van der Waals surface area contributed by atoms with Gasteiger partial charge in [0.2, 0.25) is 0 Å². The molecule has 1 aliphatic heterocycles. The first kappa shape index (κ1) is 17.6. The monoisotopic (exact) mass is 354 g/mol. The molecule has 3 aromatic carbocycles. The van der Waals surface area contributed by atoms with Crippen molar-refractivity contribution in [2.24, 2.45) is 0 Å². The van der Waals surface area contributed by atoms with E-state index in [0.29, 0.717) is 0 Å². The van der Waals surface area contributed by atoms with Crippen LogP contribution in [-0.2, 0) is 6.54 Å². The minimum Gasteiger partial charge on any atom is -0.325 e. The van der Waals surface area contributed by atoms with Crippen LogP contribution in [0.5, 0.6) is 0 Å². The van der Waals surface area contributed by atoms with E-state index in [9.17, 15) is 0 Å². The zero-order valence-electron chi connectivity index (χ0n) is 16.0. The molecular weight excluding hydrogens is 328 g/mol. The lowest BCUT2D eigenvalue weighted by Gasteiger charge is -2.46. The molecule has 0 saturated carbocycles. The van der Waals surface area contributed by atoms with Crippen molar-refractivity contribution in [1.82, 2.24) is 4.90 Å². The maximum Gasteiger partial charge on any atom is 0.113 e. The molecule has 0 spiro atoms. The van der Waals surface area contributed by atoms with Crippen molar-refractivity contribution in [1.29, 1.82) is 0 Å². The minimum absolute atomic E-state index is 0.178. The Morgan fingerprint density at radius 3 is 1.93 bits per heavy atom. The number of benzene rings is 3. The van der Waals surface area contributed by atoms with Crippen LogP contribution in [0.25, 0.3) is 0 Å². The van der Waals surface area contributed by atoms with Gasteiger partial charge in [0, 0.05) is 24.5 Å². The number of nitrogens with zero attached hydrogens (tertiary/aromatic N) is 2. The van der Waals surface area contributed by atoms with Gasteiger partial charge in [0.15, 0.2) is 0 Å². The molecule has 2 nitrogen and oxygen atoms in total. The van der Waals surface area contributed by atoms with Crippen molar-refractivity contribution in [2.45, 2.75) is 26.6 Å². The number of hydrogen-bond acceptors (Lipinski definition) is 2. The number of hydrogen-bond donors (Lipinski definition) is 0. The van der Waals surface area contributed by atoms with E-state index in [0.717, 1.165) is 13.1 Å².